The van der Waals surface area contributed by atoms with Crippen LogP contribution >= 0.6 is 27.7 Å². The molecule has 2 aromatic rings. The van der Waals surface area contributed by atoms with Gasteiger partial charge in [0, 0.05) is 28.3 Å². The highest BCUT2D eigenvalue weighted by Gasteiger charge is 2.06. The lowest BCUT2D eigenvalue weighted by Gasteiger charge is -2.10. The van der Waals surface area contributed by atoms with E-state index in [1.807, 2.05) is 0 Å². The molecule has 0 saturated heterocycles. The van der Waals surface area contributed by atoms with Gasteiger partial charge in [0.25, 0.3) is 0 Å². The summed E-state index contributed by atoms with van der Waals surface area (Å²) in [6, 6.07) is 6.34. The number of hydrogen-bond donors (Lipinski definition) is 1. The molecule has 0 fully saturated rings. The predicted octanol–water partition coefficient (Wildman–Crippen LogP) is 3.89. The Morgan fingerprint density at radius 2 is 2.21 bits per heavy atom. The lowest BCUT2D eigenvalue weighted by molar-refractivity contribution is 0.669. The molecular formula is C14H16BrN3S. The van der Waals surface area contributed by atoms with Gasteiger partial charge in [0.2, 0.25) is 0 Å². The second-order valence-corrected chi connectivity index (χ2v) is 6.05. The zero-order valence-corrected chi connectivity index (χ0v) is 13.2. The highest BCUT2D eigenvalue weighted by molar-refractivity contribution is 9.10. The van der Waals surface area contributed by atoms with Crippen LogP contribution in [0, 0.1) is 0 Å². The zero-order valence-electron chi connectivity index (χ0n) is 10.8. The molecule has 0 saturated carbocycles. The van der Waals surface area contributed by atoms with Gasteiger partial charge in [-0.25, -0.2) is 4.98 Å². The van der Waals surface area contributed by atoms with Gasteiger partial charge in [-0.05, 0) is 30.7 Å². The van der Waals surface area contributed by atoms with E-state index in [4.69, 9.17) is 0 Å². The molecule has 19 heavy (non-hydrogen) atoms. The Morgan fingerprint density at radius 1 is 1.32 bits per heavy atom. The van der Waals surface area contributed by atoms with Crippen LogP contribution in [0.15, 0.2) is 51.2 Å². The van der Waals surface area contributed by atoms with Gasteiger partial charge in [-0.3, -0.25) is 4.98 Å². The van der Waals surface area contributed by atoms with Crippen molar-refractivity contribution in [2.24, 2.45) is 0 Å². The minimum Gasteiger partial charge on any atom is -0.313 e. The topological polar surface area (TPSA) is 37.8 Å². The standard InChI is InChI=1S/C14H16BrN3S/c1-2-5-16-9-11-3-4-12(15)8-13(11)19-14-10-17-6-7-18-14/h3-4,6-8,10,16H,2,5,9H2,1H3. The molecule has 0 aliphatic rings. The smallest absolute Gasteiger partial charge is 0.119 e. The molecule has 100 valence electrons. The Balaban J connectivity index is 2.15. The summed E-state index contributed by atoms with van der Waals surface area (Å²) in [6.07, 6.45) is 6.34. The maximum Gasteiger partial charge on any atom is 0.119 e. The van der Waals surface area contributed by atoms with Gasteiger partial charge in [0.05, 0.1) is 6.20 Å². The van der Waals surface area contributed by atoms with Crippen molar-refractivity contribution in [3.63, 3.8) is 0 Å². The van der Waals surface area contributed by atoms with E-state index < -0.39 is 0 Å². The van der Waals surface area contributed by atoms with E-state index in [1.54, 1.807) is 30.4 Å². The lowest BCUT2D eigenvalue weighted by atomic mass is 10.2. The molecule has 1 heterocycles. The summed E-state index contributed by atoms with van der Waals surface area (Å²) in [6.45, 7) is 4.08. The van der Waals surface area contributed by atoms with E-state index in [1.165, 1.54) is 10.5 Å². The number of benzene rings is 1. The maximum atomic E-state index is 4.31. The Morgan fingerprint density at radius 3 is 2.95 bits per heavy atom. The van der Waals surface area contributed by atoms with Crippen LogP contribution in [0.25, 0.3) is 0 Å². The average Bonchev–Trinajstić information content (AvgIpc) is 2.43. The number of rotatable bonds is 6. The molecule has 2 rings (SSSR count). The number of hydrogen-bond acceptors (Lipinski definition) is 4. The Labute approximate surface area is 126 Å². The summed E-state index contributed by atoms with van der Waals surface area (Å²) in [4.78, 5) is 9.61. The zero-order chi connectivity index (χ0) is 13.5. The first kappa shape index (κ1) is 14.5. The van der Waals surface area contributed by atoms with E-state index in [9.17, 15) is 0 Å². The first-order valence-electron chi connectivity index (χ1n) is 6.22. The summed E-state index contributed by atoms with van der Waals surface area (Å²) >= 11 is 5.16. The molecule has 0 atom stereocenters. The van der Waals surface area contributed by atoms with Crippen molar-refractivity contribution < 1.29 is 0 Å². The van der Waals surface area contributed by atoms with Crippen LogP contribution < -0.4 is 5.32 Å². The van der Waals surface area contributed by atoms with Crippen LogP contribution in [0.2, 0.25) is 0 Å². The van der Waals surface area contributed by atoms with Crippen molar-refractivity contribution in [2.45, 2.75) is 29.8 Å². The number of nitrogens with one attached hydrogen (secondary N) is 1. The summed E-state index contributed by atoms with van der Waals surface area (Å²) in [5, 5.41) is 4.35. The molecular weight excluding hydrogens is 322 g/mol. The van der Waals surface area contributed by atoms with E-state index in [-0.39, 0.29) is 0 Å². The van der Waals surface area contributed by atoms with Crippen molar-refractivity contribution in [2.75, 3.05) is 6.54 Å². The second kappa shape index (κ2) is 7.62. The van der Waals surface area contributed by atoms with Crippen LogP contribution in [-0.2, 0) is 6.54 Å². The molecule has 0 amide bonds. The third-order valence-corrected chi connectivity index (χ3v) is 4.04. The summed E-state index contributed by atoms with van der Waals surface area (Å²) in [5.41, 5.74) is 1.28. The van der Waals surface area contributed by atoms with Crippen molar-refractivity contribution in [1.29, 1.82) is 0 Å². The lowest BCUT2D eigenvalue weighted by Crippen LogP contribution is -2.14. The van der Waals surface area contributed by atoms with Crippen molar-refractivity contribution in [3.8, 4) is 0 Å². The van der Waals surface area contributed by atoms with Gasteiger partial charge in [0.1, 0.15) is 5.03 Å². The predicted molar refractivity (Wildman–Crippen MR) is 82.3 cm³/mol. The van der Waals surface area contributed by atoms with Gasteiger partial charge >= 0.3 is 0 Å². The van der Waals surface area contributed by atoms with Gasteiger partial charge in [-0.2, -0.15) is 0 Å². The van der Waals surface area contributed by atoms with Gasteiger partial charge < -0.3 is 5.32 Å². The third kappa shape index (κ3) is 4.60. The highest BCUT2D eigenvalue weighted by atomic mass is 79.9. The van der Waals surface area contributed by atoms with Crippen LogP contribution in [0.3, 0.4) is 0 Å². The molecule has 1 N–H and O–H groups in total. The molecule has 0 unspecified atom stereocenters. The summed E-state index contributed by atoms with van der Waals surface area (Å²) in [5.74, 6) is 0. The van der Waals surface area contributed by atoms with Crippen LogP contribution in [0.1, 0.15) is 18.9 Å². The summed E-state index contributed by atoms with van der Waals surface area (Å²) < 4.78 is 1.08. The van der Waals surface area contributed by atoms with E-state index >= 15 is 0 Å². The number of halogens is 1. The van der Waals surface area contributed by atoms with Crippen LogP contribution in [-0.4, -0.2) is 16.5 Å². The average molecular weight is 338 g/mol. The monoisotopic (exact) mass is 337 g/mol. The van der Waals surface area contributed by atoms with Crippen molar-refractivity contribution in [3.05, 3.63) is 46.8 Å². The quantitative estimate of drug-likeness (QED) is 0.811. The van der Waals surface area contributed by atoms with Crippen molar-refractivity contribution in [1.82, 2.24) is 15.3 Å². The van der Waals surface area contributed by atoms with Gasteiger partial charge in [-0.1, -0.05) is 40.7 Å². The number of nitrogens with zero attached hydrogens (tertiary/aromatic N) is 2. The molecule has 1 aromatic carbocycles. The molecule has 0 aliphatic heterocycles. The van der Waals surface area contributed by atoms with Crippen molar-refractivity contribution >= 4 is 27.7 Å². The summed E-state index contributed by atoms with van der Waals surface area (Å²) in [7, 11) is 0. The normalized spacial score (nSPS) is 10.6. The molecule has 3 nitrogen and oxygen atoms in total. The largest absolute Gasteiger partial charge is 0.313 e. The second-order valence-electron chi connectivity index (χ2n) is 4.07. The minimum absolute atomic E-state index is 0.879. The van der Waals surface area contributed by atoms with E-state index in [0.29, 0.717) is 0 Å². The molecule has 0 aliphatic carbocycles. The van der Waals surface area contributed by atoms with Gasteiger partial charge in [-0.15, -0.1) is 0 Å². The highest BCUT2D eigenvalue weighted by Crippen LogP contribution is 2.31. The first-order chi connectivity index (χ1) is 9.29. The van der Waals surface area contributed by atoms with E-state index in [2.05, 4.69) is 56.3 Å². The fraction of sp³-hybridized carbons (Fsp3) is 0.286. The minimum atomic E-state index is 0.879. The van der Waals surface area contributed by atoms with Crippen LogP contribution in [0.4, 0.5) is 0 Å². The molecule has 0 radical (unpaired) electrons. The molecule has 0 bridgehead atoms. The number of aromatic nitrogens is 2. The Bertz CT molecular complexity index is 519. The Hall–Kier alpha value is -0.910. The first-order valence-corrected chi connectivity index (χ1v) is 7.83. The SMILES string of the molecule is CCCNCc1ccc(Br)cc1Sc1cnccn1. The van der Waals surface area contributed by atoms with Gasteiger partial charge in [0.15, 0.2) is 0 Å². The Kier molecular flexibility index (Phi) is 5.82. The molecule has 0 spiro atoms. The molecule has 1 aromatic heterocycles. The van der Waals surface area contributed by atoms with E-state index in [0.717, 1.165) is 29.0 Å². The third-order valence-electron chi connectivity index (χ3n) is 2.53. The fourth-order valence-corrected chi connectivity index (χ4v) is 3.04. The molecule has 5 heteroatoms. The fourth-order valence-electron chi connectivity index (χ4n) is 1.62. The van der Waals surface area contributed by atoms with Crippen LogP contribution in [0.5, 0.6) is 0 Å². The maximum absolute atomic E-state index is 4.31.